The van der Waals surface area contributed by atoms with Gasteiger partial charge in [-0.05, 0) is 25.7 Å². The Bertz CT molecular complexity index is 121. The highest BCUT2D eigenvalue weighted by molar-refractivity contribution is 4.82. The molecule has 0 fully saturated rings. The maximum absolute atomic E-state index is 9.01. The van der Waals surface area contributed by atoms with E-state index in [1.165, 1.54) is 19.3 Å². The first kappa shape index (κ1) is 12.7. The minimum Gasteiger partial charge on any atom is -0.394 e. The summed E-state index contributed by atoms with van der Waals surface area (Å²) >= 11 is 0. The summed E-state index contributed by atoms with van der Waals surface area (Å²) in [6.07, 6.45) is 10.2. The van der Waals surface area contributed by atoms with Crippen molar-refractivity contribution in [2.75, 3.05) is 6.61 Å². The molecule has 0 aliphatic carbocycles. The Balaban J connectivity index is 3.12. The van der Waals surface area contributed by atoms with Crippen LogP contribution >= 0.6 is 0 Å². The molecule has 13 heavy (non-hydrogen) atoms. The van der Waals surface area contributed by atoms with Gasteiger partial charge in [0.2, 0.25) is 0 Å². The van der Waals surface area contributed by atoms with Crippen molar-refractivity contribution < 1.29 is 10.2 Å². The maximum Gasteiger partial charge on any atom is 0.0773 e. The van der Waals surface area contributed by atoms with Crippen LogP contribution in [0.2, 0.25) is 0 Å². The van der Waals surface area contributed by atoms with E-state index in [0.717, 1.165) is 12.8 Å². The fraction of sp³-hybridized carbons (Fsp3) is 0.818. The van der Waals surface area contributed by atoms with Crippen LogP contribution in [0.4, 0.5) is 0 Å². The Morgan fingerprint density at radius 1 is 1.15 bits per heavy atom. The molecule has 0 rings (SSSR count). The maximum atomic E-state index is 9.01. The first-order valence-corrected chi connectivity index (χ1v) is 5.25. The summed E-state index contributed by atoms with van der Waals surface area (Å²) in [6, 6.07) is 0. The van der Waals surface area contributed by atoms with Crippen molar-refractivity contribution in [2.45, 2.75) is 51.6 Å². The van der Waals surface area contributed by atoms with E-state index in [4.69, 9.17) is 10.2 Å². The van der Waals surface area contributed by atoms with E-state index in [1.54, 1.807) is 0 Å². The minimum absolute atomic E-state index is 0.121. The van der Waals surface area contributed by atoms with Gasteiger partial charge >= 0.3 is 0 Å². The van der Waals surface area contributed by atoms with Crippen molar-refractivity contribution in [3.8, 4) is 0 Å². The average Bonchev–Trinajstić information content (AvgIpc) is 2.16. The molecule has 0 aromatic carbocycles. The molecular weight excluding hydrogens is 164 g/mol. The van der Waals surface area contributed by atoms with Gasteiger partial charge < -0.3 is 10.2 Å². The molecule has 0 spiro atoms. The van der Waals surface area contributed by atoms with E-state index in [2.05, 4.69) is 19.1 Å². The van der Waals surface area contributed by atoms with Crippen molar-refractivity contribution in [1.29, 1.82) is 0 Å². The fourth-order valence-corrected chi connectivity index (χ4v) is 1.13. The average molecular weight is 186 g/mol. The van der Waals surface area contributed by atoms with Gasteiger partial charge in [0.05, 0.1) is 12.7 Å². The summed E-state index contributed by atoms with van der Waals surface area (Å²) < 4.78 is 0. The molecule has 1 atom stereocenters. The Morgan fingerprint density at radius 3 is 2.46 bits per heavy atom. The van der Waals surface area contributed by atoms with Crippen LogP contribution in [0.1, 0.15) is 45.4 Å². The first-order valence-electron chi connectivity index (χ1n) is 5.25. The van der Waals surface area contributed by atoms with Gasteiger partial charge in [0, 0.05) is 0 Å². The van der Waals surface area contributed by atoms with Crippen LogP contribution in [0.25, 0.3) is 0 Å². The van der Waals surface area contributed by atoms with Gasteiger partial charge in [0.25, 0.3) is 0 Å². The van der Waals surface area contributed by atoms with Crippen molar-refractivity contribution in [2.24, 2.45) is 0 Å². The van der Waals surface area contributed by atoms with Gasteiger partial charge in [0.1, 0.15) is 0 Å². The molecule has 0 aromatic rings. The summed E-state index contributed by atoms with van der Waals surface area (Å²) in [5.74, 6) is 0. The number of allylic oxidation sites excluding steroid dienone is 2. The number of hydrogen-bond donors (Lipinski definition) is 2. The third kappa shape index (κ3) is 9.57. The van der Waals surface area contributed by atoms with E-state index in [1.807, 2.05) is 0 Å². The van der Waals surface area contributed by atoms with E-state index in [0.29, 0.717) is 6.42 Å². The number of hydrogen-bond acceptors (Lipinski definition) is 2. The SMILES string of the molecule is CCCCC/C=C\CCC(O)CO. The normalized spacial score (nSPS) is 13.8. The zero-order valence-corrected chi connectivity index (χ0v) is 8.58. The lowest BCUT2D eigenvalue weighted by molar-refractivity contribution is 0.0891. The first-order chi connectivity index (χ1) is 6.31. The highest BCUT2D eigenvalue weighted by Gasteiger charge is 1.97. The van der Waals surface area contributed by atoms with Gasteiger partial charge in [-0.2, -0.15) is 0 Å². The predicted molar refractivity (Wildman–Crippen MR) is 55.6 cm³/mol. The molecule has 2 N–H and O–H groups in total. The second kappa shape index (κ2) is 9.75. The molecule has 0 amide bonds. The monoisotopic (exact) mass is 186 g/mol. The Morgan fingerprint density at radius 2 is 1.85 bits per heavy atom. The summed E-state index contributed by atoms with van der Waals surface area (Å²) in [5, 5.41) is 17.5. The van der Waals surface area contributed by atoms with Gasteiger partial charge in [-0.25, -0.2) is 0 Å². The Hall–Kier alpha value is -0.340. The van der Waals surface area contributed by atoms with E-state index >= 15 is 0 Å². The van der Waals surface area contributed by atoms with Crippen LogP contribution in [0, 0.1) is 0 Å². The zero-order valence-electron chi connectivity index (χ0n) is 8.58. The van der Waals surface area contributed by atoms with E-state index < -0.39 is 6.10 Å². The highest BCUT2D eigenvalue weighted by Crippen LogP contribution is 2.02. The smallest absolute Gasteiger partial charge is 0.0773 e. The molecule has 0 aliphatic rings. The zero-order chi connectivity index (χ0) is 9.94. The molecular formula is C11H22O2. The second-order valence-electron chi connectivity index (χ2n) is 3.38. The van der Waals surface area contributed by atoms with Crippen molar-refractivity contribution in [3.05, 3.63) is 12.2 Å². The number of aliphatic hydroxyl groups is 2. The van der Waals surface area contributed by atoms with Crippen molar-refractivity contribution in [1.82, 2.24) is 0 Å². The molecule has 0 radical (unpaired) electrons. The highest BCUT2D eigenvalue weighted by atomic mass is 16.3. The molecule has 0 aromatic heterocycles. The van der Waals surface area contributed by atoms with Gasteiger partial charge in [0.15, 0.2) is 0 Å². The van der Waals surface area contributed by atoms with Crippen LogP contribution in [-0.2, 0) is 0 Å². The van der Waals surface area contributed by atoms with E-state index in [-0.39, 0.29) is 6.61 Å². The molecule has 0 bridgehead atoms. The third-order valence-corrected chi connectivity index (χ3v) is 2.02. The molecule has 2 heteroatoms. The van der Waals surface area contributed by atoms with Crippen LogP contribution in [0.3, 0.4) is 0 Å². The summed E-state index contributed by atoms with van der Waals surface area (Å²) in [5.41, 5.74) is 0. The lowest BCUT2D eigenvalue weighted by atomic mass is 10.1. The minimum atomic E-state index is -0.541. The Kier molecular flexibility index (Phi) is 9.49. The van der Waals surface area contributed by atoms with Crippen molar-refractivity contribution in [3.63, 3.8) is 0 Å². The molecule has 0 aliphatic heterocycles. The lowest BCUT2D eigenvalue weighted by Crippen LogP contribution is -2.10. The molecule has 0 heterocycles. The largest absolute Gasteiger partial charge is 0.394 e. The van der Waals surface area contributed by atoms with Gasteiger partial charge in [-0.15, -0.1) is 0 Å². The molecule has 2 nitrogen and oxygen atoms in total. The van der Waals surface area contributed by atoms with Crippen LogP contribution in [0.15, 0.2) is 12.2 Å². The predicted octanol–water partition coefficient (Wildman–Crippen LogP) is 2.26. The second-order valence-corrected chi connectivity index (χ2v) is 3.38. The molecule has 0 saturated heterocycles. The quantitative estimate of drug-likeness (QED) is 0.451. The summed E-state index contributed by atoms with van der Waals surface area (Å²) in [6.45, 7) is 2.07. The summed E-state index contributed by atoms with van der Waals surface area (Å²) in [7, 11) is 0. The number of unbranched alkanes of at least 4 members (excludes halogenated alkanes) is 3. The molecule has 1 unspecified atom stereocenters. The third-order valence-electron chi connectivity index (χ3n) is 2.02. The van der Waals surface area contributed by atoms with Crippen LogP contribution in [0.5, 0.6) is 0 Å². The Labute approximate surface area is 81.3 Å². The molecule has 78 valence electrons. The number of rotatable bonds is 8. The van der Waals surface area contributed by atoms with Gasteiger partial charge in [-0.1, -0.05) is 31.9 Å². The summed E-state index contributed by atoms with van der Waals surface area (Å²) in [4.78, 5) is 0. The van der Waals surface area contributed by atoms with Crippen LogP contribution in [-0.4, -0.2) is 22.9 Å². The van der Waals surface area contributed by atoms with Gasteiger partial charge in [-0.3, -0.25) is 0 Å². The standard InChI is InChI=1S/C11H22O2/c1-2-3-4-5-6-7-8-9-11(13)10-12/h6-7,11-13H,2-5,8-10H2,1H3/b7-6-. The van der Waals surface area contributed by atoms with E-state index in [9.17, 15) is 0 Å². The number of aliphatic hydroxyl groups excluding tert-OH is 2. The lowest BCUT2D eigenvalue weighted by Gasteiger charge is -2.02. The topological polar surface area (TPSA) is 40.5 Å². The van der Waals surface area contributed by atoms with Crippen molar-refractivity contribution >= 4 is 0 Å². The fourth-order valence-electron chi connectivity index (χ4n) is 1.13. The van der Waals surface area contributed by atoms with Crippen LogP contribution < -0.4 is 0 Å². The molecule has 0 saturated carbocycles.